The summed E-state index contributed by atoms with van der Waals surface area (Å²) < 4.78 is 0. The quantitative estimate of drug-likeness (QED) is 0.395. The second-order valence-electron chi connectivity index (χ2n) is 5.23. The van der Waals surface area contributed by atoms with Crippen molar-refractivity contribution in [2.45, 2.75) is 33.1 Å². The highest BCUT2D eigenvalue weighted by Crippen LogP contribution is 2.19. The van der Waals surface area contributed by atoms with E-state index < -0.39 is 0 Å². The number of halogens is 2. The highest BCUT2D eigenvalue weighted by molar-refractivity contribution is 6.18. The summed E-state index contributed by atoms with van der Waals surface area (Å²) in [7, 11) is 0. The molecule has 0 aliphatic heterocycles. The van der Waals surface area contributed by atoms with E-state index in [2.05, 4.69) is 43.0 Å². The van der Waals surface area contributed by atoms with Gasteiger partial charge < -0.3 is 4.90 Å². The third-order valence-electron chi connectivity index (χ3n) is 3.38. The minimum atomic E-state index is 0.631. The highest BCUT2D eigenvalue weighted by atomic mass is 35.5. The molecule has 0 aliphatic carbocycles. The molecule has 0 amide bonds. The van der Waals surface area contributed by atoms with Gasteiger partial charge in [0, 0.05) is 30.5 Å². The summed E-state index contributed by atoms with van der Waals surface area (Å²) in [6.45, 7) is 6.26. The molecule has 1 rings (SSSR count). The van der Waals surface area contributed by atoms with Gasteiger partial charge in [0.05, 0.1) is 0 Å². The molecule has 124 valence electrons. The van der Waals surface area contributed by atoms with E-state index in [4.69, 9.17) is 33.4 Å². The molecule has 0 radical (unpaired) electrons. The number of hydrogen-bond donors (Lipinski definition) is 1. The third kappa shape index (κ3) is 9.09. The number of anilines is 1. The Labute approximate surface area is 144 Å². The zero-order valence-corrected chi connectivity index (χ0v) is 15.0. The van der Waals surface area contributed by atoms with Gasteiger partial charge in [0.2, 0.25) is 6.08 Å². The molecule has 1 unspecified atom stereocenters. The molecule has 0 aromatic heterocycles. The second-order valence-corrected chi connectivity index (χ2v) is 5.99. The smallest absolute Gasteiger partial charge is 0.231 e. The van der Waals surface area contributed by atoms with Crippen molar-refractivity contribution in [2.24, 2.45) is 5.92 Å². The fraction of sp³-hybridized carbons (Fsp3) is 0.588. The number of rotatable bonds is 9. The maximum atomic E-state index is 8.35. The van der Waals surface area contributed by atoms with Crippen LogP contribution in [0.4, 0.5) is 5.69 Å². The number of benzene rings is 1. The Hall–Kier alpha value is -1.02. The van der Waals surface area contributed by atoms with Gasteiger partial charge in [0.15, 0.2) is 0 Å². The lowest BCUT2D eigenvalue weighted by atomic mass is 9.97. The van der Waals surface area contributed by atoms with Gasteiger partial charge in [-0.25, -0.2) is 10.2 Å². The summed E-state index contributed by atoms with van der Waals surface area (Å²) in [5.74, 6) is 2.02. The van der Waals surface area contributed by atoms with E-state index in [1.165, 1.54) is 30.5 Å². The zero-order valence-electron chi connectivity index (χ0n) is 13.4. The monoisotopic (exact) mass is 344 g/mol. The van der Waals surface area contributed by atoms with E-state index >= 15 is 0 Å². The molecule has 1 aromatic rings. The Kier molecular flexibility index (Phi) is 13.0. The van der Waals surface area contributed by atoms with E-state index in [1.807, 2.05) is 0 Å². The molecule has 0 bridgehead atoms. The number of carbonyl (C=O) groups excluding carboxylic acids is 1. The second kappa shape index (κ2) is 13.6. The number of nitrogens with zero attached hydrogens (tertiary/aromatic N) is 1. The van der Waals surface area contributed by atoms with Crippen molar-refractivity contribution >= 4 is 35.0 Å². The molecular weight excluding hydrogens is 319 g/mol. The van der Waals surface area contributed by atoms with E-state index in [-0.39, 0.29) is 0 Å². The molecule has 1 aromatic carbocycles. The Morgan fingerprint density at radius 2 is 1.68 bits per heavy atom. The van der Waals surface area contributed by atoms with E-state index in [9.17, 15) is 0 Å². The number of hydrogen-bond acceptors (Lipinski definition) is 3. The number of alkyl halides is 2. The first-order valence-corrected chi connectivity index (χ1v) is 8.69. The van der Waals surface area contributed by atoms with E-state index in [0.29, 0.717) is 11.8 Å². The molecular formula is C17H26Cl2N2O. The SMILES string of the molecule is CCCC(C)Cc1ccc(N(CCCl)CCCl)cc1.N=C=O. The van der Waals surface area contributed by atoms with Crippen molar-refractivity contribution in [1.82, 2.24) is 0 Å². The summed E-state index contributed by atoms with van der Waals surface area (Å²) in [6, 6.07) is 8.84. The zero-order chi connectivity index (χ0) is 16.8. The van der Waals surface area contributed by atoms with Crippen molar-refractivity contribution in [3.63, 3.8) is 0 Å². The van der Waals surface area contributed by atoms with Crippen molar-refractivity contribution in [1.29, 1.82) is 5.41 Å². The lowest BCUT2D eigenvalue weighted by Gasteiger charge is -2.23. The van der Waals surface area contributed by atoms with Crippen LogP contribution in [0.1, 0.15) is 32.3 Å². The Bertz CT molecular complexity index is 411. The van der Waals surface area contributed by atoms with E-state index in [0.717, 1.165) is 25.1 Å². The standard InChI is InChI=1S/C16H25Cl2N.CHNO/c1-3-4-14(2)13-15-5-7-16(8-6-15)19(11-9-17)12-10-18;2-1-3/h5-8,14H,3-4,9-13H2,1-2H3;2H. The van der Waals surface area contributed by atoms with Crippen LogP contribution >= 0.6 is 23.2 Å². The molecule has 22 heavy (non-hydrogen) atoms. The largest absolute Gasteiger partial charge is 0.369 e. The molecule has 1 atom stereocenters. The third-order valence-corrected chi connectivity index (χ3v) is 3.71. The van der Waals surface area contributed by atoms with Gasteiger partial charge in [-0.05, 0) is 30.0 Å². The lowest BCUT2D eigenvalue weighted by molar-refractivity contribution is 0.522. The van der Waals surface area contributed by atoms with Crippen LogP contribution in [0.5, 0.6) is 0 Å². The number of isocyanates is 1. The lowest BCUT2D eigenvalue weighted by Crippen LogP contribution is -2.27. The minimum absolute atomic E-state index is 0.631. The molecule has 5 heteroatoms. The van der Waals surface area contributed by atoms with Crippen LogP contribution in [-0.4, -0.2) is 30.9 Å². The van der Waals surface area contributed by atoms with Crippen LogP contribution < -0.4 is 4.90 Å². The summed E-state index contributed by atoms with van der Waals surface area (Å²) in [4.78, 5) is 10.6. The molecule has 1 N–H and O–H groups in total. The van der Waals surface area contributed by atoms with Crippen LogP contribution in [0.2, 0.25) is 0 Å². The van der Waals surface area contributed by atoms with Crippen LogP contribution in [-0.2, 0) is 11.2 Å². The molecule has 0 saturated heterocycles. The van der Waals surface area contributed by atoms with Crippen LogP contribution in [0.3, 0.4) is 0 Å². The summed E-state index contributed by atoms with van der Waals surface area (Å²) in [5, 5.41) is 5.40. The van der Waals surface area contributed by atoms with Gasteiger partial charge in [0.1, 0.15) is 0 Å². The molecule has 0 spiro atoms. The van der Waals surface area contributed by atoms with Crippen molar-refractivity contribution < 1.29 is 4.79 Å². The van der Waals surface area contributed by atoms with Crippen LogP contribution in [0.25, 0.3) is 0 Å². The minimum Gasteiger partial charge on any atom is -0.369 e. The van der Waals surface area contributed by atoms with Crippen LogP contribution in [0.15, 0.2) is 24.3 Å². The Morgan fingerprint density at radius 1 is 1.18 bits per heavy atom. The predicted octanol–water partition coefficient (Wildman–Crippen LogP) is 4.85. The van der Waals surface area contributed by atoms with Gasteiger partial charge in [-0.2, -0.15) is 0 Å². The van der Waals surface area contributed by atoms with Gasteiger partial charge in [-0.3, -0.25) is 0 Å². The van der Waals surface area contributed by atoms with E-state index in [1.54, 1.807) is 0 Å². The average molecular weight is 345 g/mol. The molecule has 0 heterocycles. The molecule has 0 saturated carbocycles. The van der Waals surface area contributed by atoms with Gasteiger partial charge >= 0.3 is 0 Å². The summed E-state index contributed by atoms with van der Waals surface area (Å²) in [6.07, 6.45) is 4.48. The predicted molar refractivity (Wildman–Crippen MR) is 96.3 cm³/mol. The maximum absolute atomic E-state index is 8.35. The summed E-state index contributed by atoms with van der Waals surface area (Å²) in [5.41, 5.74) is 2.63. The topological polar surface area (TPSA) is 44.2 Å². The first-order valence-electron chi connectivity index (χ1n) is 7.62. The van der Waals surface area contributed by atoms with Crippen molar-refractivity contribution in [3.8, 4) is 0 Å². The van der Waals surface area contributed by atoms with Gasteiger partial charge in [-0.15, -0.1) is 23.2 Å². The van der Waals surface area contributed by atoms with Gasteiger partial charge in [0.25, 0.3) is 0 Å². The molecule has 3 nitrogen and oxygen atoms in total. The first kappa shape index (κ1) is 21.0. The Balaban J connectivity index is 0.00000135. The first-order chi connectivity index (χ1) is 10.6. The fourth-order valence-corrected chi connectivity index (χ4v) is 2.82. The molecule has 0 aliphatic rings. The van der Waals surface area contributed by atoms with Crippen LogP contribution in [0, 0.1) is 11.3 Å². The van der Waals surface area contributed by atoms with Crippen molar-refractivity contribution in [2.75, 3.05) is 29.7 Å². The normalized spacial score (nSPS) is 11.1. The average Bonchev–Trinajstić information content (AvgIpc) is 2.49. The number of nitrogens with one attached hydrogen (secondary N) is 1. The summed E-state index contributed by atoms with van der Waals surface area (Å²) >= 11 is 11.7. The van der Waals surface area contributed by atoms with Crippen molar-refractivity contribution in [3.05, 3.63) is 29.8 Å². The highest BCUT2D eigenvalue weighted by Gasteiger charge is 2.06. The maximum Gasteiger partial charge on any atom is 0.231 e. The fourth-order valence-electron chi connectivity index (χ4n) is 2.41. The molecule has 0 fully saturated rings. The Morgan fingerprint density at radius 3 is 2.09 bits per heavy atom. The van der Waals surface area contributed by atoms with Gasteiger partial charge in [-0.1, -0.05) is 38.8 Å².